The first-order valence-electron chi connectivity index (χ1n) is 7.19. The van der Waals surface area contributed by atoms with Crippen molar-refractivity contribution >= 4 is 10.8 Å². The lowest BCUT2D eigenvalue weighted by Crippen LogP contribution is -1.91. The van der Waals surface area contributed by atoms with Gasteiger partial charge >= 0.3 is 0 Å². The van der Waals surface area contributed by atoms with Gasteiger partial charge in [0.1, 0.15) is 5.82 Å². The maximum absolute atomic E-state index is 14.8. The molecule has 22 heavy (non-hydrogen) atoms. The Morgan fingerprint density at radius 1 is 0.955 bits per heavy atom. The molecule has 0 aliphatic rings. The van der Waals surface area contributed by atoms with Crippen LogP contribution in [0.5, 0.6) is 5.75 Å². The molecule has 0 unspecified atom stereocenters. The molecule has 0 heterocycles. The van der Waals surface area contributed by atoms with Gasteiger partial charge in [-0.15, -0.1) is 0 Å². The standard InChI is InChI=1S/C19H16F2O/c1-3-12-4-7-15-13(10-12)5-8-16(19(15)21)14-6-9-18(22-2)17(20)11-14/h4-11H,3H2,1-2H3. The predicted octanol–water partition coefficient (Wildman–Crippen LogP) is 5.36. The summed E-state index contributed by atoms with van der Waals surface area (Å²) < 4.78 is 33.5. The van der Waals surface area contributed by atoms with Crippen LogP contribution in [0.2, 0.25) is 0 Å². The fourth-order valence-corrected chi connectivity index (χ4v) is 2.62. The average Bonchev–Trinajstić information content (AvgIpc) is 2.54. The summed E-state index contributed by atoms with van der Waals surface area (Å²) in [5.41, 5.74) is 2.05. The Hall–Kier alpha value is -2.42. The zero-order valence-electron chi connectivity index (χ0n) is 12.5. The molecule has 0 radical (unpaired) electrons. The SMILES string of the molecule is CCc1ccc2c(F)c(-c3ccc(OC)c(F)c3)ccc2c1. The highest BCUT2D eigenvalue weighted by Gasteiger charge is 2.12. The fraction of sp³-hybridized carbons (Fsp3) is 0.158. The molecule has 0 saturated carbocycles. The molecular formula is C19H16F2O. The minimum Gasteiger partial charge on any atom is -0.494 e. The van der Waals surface area contributed by atoms with Crippen LogP contribution in [0, 0.1) is 11.6 Å². The number of fused-ring (bicyclic) bond motifs is 1. The predicted molar refractivity (Wildman–Crippen MR) is 85.2 cm³/mol. The van der Waals surface area contributed by atoms with Crippen LogP contribution in [0.3, 0.4) is 0 Å². The van der Waals surface area contributed by atoms with E-state index in [9.17, 15) is 8.78 Å². The van der Waals surface area contributed by atoms with Gasteiger partial charge in [0.15, 0.2) is 11.6 Å². The van der Waals surface area contributed by atoms with E-state index in [2.05, 4.69) is 6.92 Å². The third-order valence-electron chi connectivity index (χ3n) is 3.89. The highest BCUT2D eigenvalue weighted by atomic mass is 19.1. The van der Waals surface area contributed by atoms with Gasteiger partial charge in [-0.25, -0.2) is 8.78 Å². The quantitative estimate of drug-likeness (QED) is 0.633. The second-order valence-electron chi connectivity index (χ2n) is 5.19. The smallest absolute Gasteiger partial charge is 0.165 e. The Kier molecular flexibility index (Phi) is 3.80. The molecule has 0 fully saturated rings. The summed E-state index contributed by atoms with van der Waals surface area (Å²) in [6.45, 7) is 2.06. The van der Waals surface area contributed by atoms with E-state index in [0.717, 1.165) is 17.4 Å². The second-order valence-corrected chi connectivity index (χ2v) is 5.19. The van der Waals surface area contributed by atoms with Crippen LogP contribution < -0.4 is 4.74 Å². The van der Waals surface area contributed by atoms with Crippen molar-refractivity contribution in [2.45, 2.75) is 13.3 Å². The normalized spacial score (nSPS) is 10.9. The topological polar surface area (TPSA) is 9.23 Å². The van der Waals surface area contributed by atoms with Gasteiger partial charge in [0.2, 0.25) is 0 Å². The first kappa shape index (κ1) is 14.5. The summed E-state index contributed by atoms with van der Waals surface area (Å²) >= 11 is 0. The molecule has 3 aromatic carbocycles. The Morgan fingerprint density at radius 3 is 2.45 bits per heavy atom. The molecule has 0 amide bonds. The van der Waals surface area contributed by atoms with Crippen LogP contribution >= 0.6 is 0 Å². The minimum atomic E-state index is -0.499. The fourth-order valence-electron chi connectivity index (χ4n) is 2.62. The lowest BCUT2D eigenvalue weighted by atomic mass is 9.98. The number of hydrogen-bond acceptors (Lipinski definition) is 1. The Labute approximate surface area is 128 Å². The summed E-state index contributed by atoms with van der Waals surface area (Å²) in [6, 6.07) is 13.7. The average molecular weight is 298 g/mol. The molecule has 112 valence electrons. The largest absolute Gasteiger partial charge is 0.494 e. The van der Waals surface area contributed by atoms with Gasteiger partial charge in [-0.3, -0.25) is 0 Å². The molecule has 3 aromatic rings. The molecule has 0 aromatic heterocycles. The number of aryl methyl sites for hydroxylation is 1. The molecular weight excluding hydrogens is 282 g/mol. The highest BCUT2D eigenvalue weighted by molar-refractivity contribution is 5.88. The number of hydrogen-bond donors (Lipinski definition) is 0. The Morgan fingerprint density at radius 2 is 1.77 bits per heavy atom. The molecule has 0 atom stereocenters. The van der Waals surface area contributed by atoms with E-state index in [0.29, 0.717) is 16.5 Å². The number of halogens is 2. The van der Waals surface area contributed by atoms with Crippen molar-refractivity contribution in [3.63, 3.8) is 0 Å². The van der Waals surface area contributed by atoms with Gasteiger partial charge in [0, 0.05) is 10.9 Å². The van der Waals surface area contributed by atoms with E-state index in [-0.39, 0.29) is 11.6 Å². The van der Waals surface area contributed by atoms with Crippen molar-refractivity contribution in [1.29, 1.82) is 0 Å². The van der Waals surface area contributed by atoms with Crippen molar-refractivity contribution in [2.24, 2.45) is 0 Å². The van der Waals surface area contributed by atoms with E-state index >= 15 is 0 Å². The van der Waals surface area contributed by atoms with Crippen LogP contribution in [-0.4, -0.2) is 7.11 Å². The van der Waals surface area contributed by atoms with Gasteiger partial charge in [0.05, 0.1) is 7.11 Å². The van der Waals surface area contributed by atoms with Crippen molar-refractivity contribution in [3.8, 4) is 16.9 Å². The molecule has 3 heteroatoms. The molecule has 0 N–H and O–H groups in total. The number of ether oxygens (including phenoxy) is 1. The van der Waals surface area contributed by atoms with E-state index in [4.69, 9.17) is 4.74 Å². The van der Waals surface area contributed by atoms with Gasteiger partial charge in [-0.2, -0.15) is 0 Å². The van der Waals surface area contributed by atoms with Gasteiger partial charge in [-0.1, -0.05) is 43.3 Å². The van der Waals surface area contributed by atoms with Crippen LogP contribution in [0.4, 0.5) is 8.78 Å². The summed E-state index contributed by atoms with van der Waals surface area (Å²) in [5, 5.41) is 1.40. The minimum absolute atomic E-state index is 0.150. The number of rotatable bonds is 3. The molecule has 0 spiro atoms. The first-order valence-corrected chi connectivity index (χ1v) is 7.19. The third-order valence-corrected chi connectivity index (χ3v) is 3.89. The highest BCUT2D eigenvalue weighted by Crippen LogP contribution is 2.31. The van der Waals surface area contributed by atoms with Crippen LogP contribution in [0.15, 0.2) is 48.5 Å². The Bertz CT molecular complexity index is 840. The molecule has 0 aliphatic carbocycles. The van der Waals surface area contributed by atoms with Crippen molar-refractivity contribution in [1.82, 2.24) is 0 Å². The van der Waals surface area contributed by atoms with E-state index < -0.39 is 5.82 Å². The maximum atomic E-state index is 14.8. The molecule has 0 saturated heterocycles. The summed E-state index contributed by atoms with van der Waals surface area (Å²) in [5.74, 6) is -0.678. The summed E-state index contributed by atoms with van der Waals surface area (Å²) in [6.07, 6.45) is 0.906. The lowest BCUT2D eigenvalue weighted by Gasteiger charge is -2.09. The van der Waals surface area contributed by atoms with Gasteiger partial charge in [0.25, 0.3) is 0 Å². The third kappa shape index (κ3) is 2.43. The van der Waals surface area contributed by atoms with E-state index in [1.165, 1.54) is 19.2 Å². The maximum Gasteiger partial charge on any atom is 0.165 e. The number of benzene rings is 3. The summed E-state index contributed by atoms with van der Waals surface area (Å²) in [7, 11) is 1.40. The van der Waals surface area contributed by atoms with E-state index in [1.54, 1.807) is 18.2 Å². The van der Waals surface area contributed by atoms with Crippen LogP contribution in [-0.2, 0) is 6.42 Å². The first-order chi connectivity index (χ1) is 10.6. The monoisotopic (exact) mass is 298 g/mol. The summed E-state index contributed by atoms with van der Waals surface area (Å²) in [4.78, 5) is 0. The van der Waals surface area contributed by atoms with Crippen LogP contribution in [0.25, 0.3) is 21.9 Å². The molecule has 0 aliphatic heterocycles. The zero-order chi connectivity index (χ0) is 15.7. The van der Waals surface area contributed by atoms with Crippen molar-refractivity contribution in [3.05, 3.63) is 65.7 Å². The number of methoxy groups -OCH3 is 1. The molecule has 1 nitrogen and oxygen atoms in total. The lowest BCUT2D eigenvalue weighted by molar-refractivity contribution is 0.386. The van der Waals surface area contributed by atoms with Gasteiger partial charge in [-0.05, 0) is 35.1 Å². The zero-order valence-corrected chi connectivity index (χ0v) is 12.5. The molecule has 0 bridgehead atoms. The second kappa shape index (κ2) is 5.76. The van der Waals surface area contributed by atoms with Crippen LogP contribution in [0.1, 0.15) is 12.5 Å². The van der Waals surface area contributed by atoms with Crippen molar-refractivity contribution in [2.75, 3.05) is 7.11 Å². The Balaban J connectivity index is 2.15. The van der Waals surface area contributed by atoms with E-state index in [1.807, 2.05) is 18.2 Å². The van der Waals surface area contributed by atoms with Crippen molar-refractivity contribution < 1.29 is 13.5 Å². The van der Waals surface area contributed by atoms with Gasteiger partial charge < -0.3 is 4.74 Å². The molecule has 3 rings (SSSR count).